The maximum absolute atomic E-state index is 6.37. The summed E-state index contributed by atoms with van der Waals surface area (Å²) < 4.78 is 7.49. The van der Waals surface area contributed by atoms with E-state index in [1.54, 1.807) is 7.11 Å². The van der Waals surface area contributed by atoms with Gasteiger partial charge in [-0.25, -0.2) is 0 Å². The highest BCUT2D eigenvalue weighted by atomic mass is 16.5. The molecule has 22 heavy (non-hydrogen) atoms. The van der Waals surface area contributed by atoms with Crippen LogP contribution in [0, 0.1) is 6.92 Å². The average Bonchev–Trinajstić information content (AvgIpc) is 3.02. The third-order valence-electron chi connectivity index (χ3n) is 5.07. The molecule has 0 radical (unpaired) electrons. The summed E-state index contributed by atoms with van der Waals surface area (Å²) in [5, 5.41) is 1.33. The molecule has 0 saturated heterocycles. The minimum absolute atomic E-state index is 0.118. The van der Waals surface area contributed by atoms with E-state index in [1.165, 1.54) is 33.3 Å². The van der Waals surface area contributed by atoms with E-state index in [0.717, 1.165) is 32.7 Å². The Kier molecular flexibility index (Phi) is 4.26. The zero-order chi connectivity index (χ0) is 15.9. The van der Waals surface area contributed by atoms with Crippen molar-refractivity contribution in [2.24, 2.45) is 12.8 Å². The fraction of sp³-hybridized carbons (Fsp3) is 0.556. The fourth-order valence-electron chi connectivity index (χ4n) is 3.61. The molecule has 4 heteroatoms. The van der Waals surface area contributed by atoms with Gasteiger partial charge in [0.1, 0.15) is 0 Å². The number of aryl methyl sites for hydroxylation is 1. The maximum atomic E-state index is 6.37. The molecule has 1 aliphatic heterocycles. The molecular formula is C18H27N3O. The van der Waals surface area contributed by atoms with Crippen molar-refractivity contribution in [1.82, 2.24) is 9.47 Å². The Balaban J connectivity index is 2.03. The molecule has 0 spiro atoms. The molecule has 0 saturated carbocycles. The summed E-state index contributed by atoms with van der Waals surface area (Å²) in [4.78, 5) is 2.44. The monoisotopic (exact) mass is 301 g/mol. The number of nitrogens with two attached hydrogens (primary N) is 1. The van der Waals surface area contributed by atoms with Gasteiger partial charge in [0.2, 0.25) is 0 Å². The maximum Gasteiger partial charge on any atom is 0.0589 e. The van der Waals surface area contributed by atoms with Crippen LogP contribution in [-0.4, -0.2) is 29.7 Å². The number of benzene rings is 1. The summed E-state index contributed by atoms with van der Waals surface area (Å²) in [5.74, 6) is 0. The first-order chi connectivity index (χ1) is 10.6. The molecule has 2 heterocycles. The van der Waals surface area contributed by atoms with Crippen LogP contribution in [0.25, 0.3) is 10.9 Å². The molecule has 4 nitrogen and oxygen atoms in total. The van der Waals surface area contributed by atoms with E-state index in [2.05, 4.69) is 42.5 Å². The van der Waals surface area contributed by atoms with Gasteiger partial charge in [0.25, 0.3) is 0 Å². The minimum Gasteiger partial charge on any atom is -0.383 e. The van der Waals surface area contributed by atoms with Gasteiger partial charge in [-0.3, -0.25) is 4.90 Å². The van der Waals surface area contributed by atoms with Crippen LogP contribution in [0.1, 0.15) is 41.8 Å². The lowest BCUT2D eigenvalue weighted by molar-refractivity contribution is 0.147. The van der Waals surface area contributed by atoms with Gasteiger partial charge in [0.05, 0.1) is 6.61 Å². The van der Waals surface area contributed by atoms with Gasteiger partial charge >= 0.3 is 0 Å². The average molecular weight is 301 g/mol. The lowest BCUT2D eigenvalue weighted by Crippen LogP contribution is -2.21. The molecule has 1 aromatic heterocycles. The molecule has 0 bridgehead atoms. The van der Waals surface area contributed by atoms with Crippen molar-refractivity contribution in [2.75, 3.05) is 20.3 Å². The van der Waals surface area contributed by atoms with E-state index >= 15 is 0 Å². The third kappa shape index (κ3) is 2.45. The van der Waals surface area contributed by atoms with Gasteiger partial charge in [0.15, 0.2) is 0 Å². The standard InChI is InChI=1S/C18H27N3O/c1-5-16(19)18-12(2)20(3)17-9-14-11-21(6-7-22-4)10-13(14)8-15(17)18/h8-9,16H,5-7,10-11,19H2,1-4H3. The van der Waals surface area contributed by atoms with Gasteiger partial charge in [-0.15, -0.1) is 0 Å². The van der Waals surface area contributed by atoms with Crippen molar-refractivity contribution in [1.29, 1.82) is 0 Å². The van der Waals surface area contributed by atoms with Crippen LogP contribution in [-0.2, 0) is 24.9 Å². The molecule has 1 aromatic carbocycles. The summed E-state index contributed by atoms with van der Waals surface area (Å²) >= 11 is 0. The van der Waals surface area contributed by atoms with Crippen LogP contribution in [0.5, 0.6) is 0 Å². The lowest BCUT2D eigenvalue weighted by atomic mass is 9.99. The number of rotatable bonds is 5. The molecule has 120 valence electrons. The summed E-state index contributed by atoms with van der Waals surface area (Å²) in [5.41, 5.74) is 13.2. The van der Waals surface area contributed by atoms with Gasteiger partial charge in [-0.05, 0) is 42.2 Å². The predicted octanol–water partition coefficient (Wildman–Crippen LogP) is 2.86. The van der Waals surface area contributed by atoms with Crippen molar-refractivity contribution >= 4 is 10.9 Å². The SMILES string of the molecule is CCC(N)c1c(C)n(C)c2cc3c(cc12)CN(CCOC)C3. The summed E-state index contributed by atoms with van der Waals surface area (Å²) in [6.07, 6.45) is 0.969. The van der Waals surface area contributed by atoms with E-state index in [1.807, 2.05) is 0 Å². The van der Waals surface area contributed by atoms with Crippen molar-refractivity contribution in [3.63, 3.8) is 0 Å². The minimum atomic E-state index is 0.118. The van der Waals surface area contributed by atoms with Gasteiger partial charge in [-0.1, -0.05) is 6.92 Å². The zero-order valence-electron chi connectivity index (χ0n) is 14.1. The second-order valence-electron chi connectivity index (χ2n) is 6.41. The van der Waals surface area contributed by atoms with Gasteiger partial charge in [-0.2, -0.15) is 0 Å². The summed E-state index contributed by atoms with van der Waals surface area (Å²) in [6, 6.07) is 4.85. The quantitative estimate of drug-likeness (QED) is 0.923. The molecule has 0 amide bonds. The van der Waals surface area contributed by atoms with Crippen LogP contribution in [0.4, 0.5) is 0 Å². The van der Waals surface area contributed by atoms with Crippen molar-refractivity contribution in [3.8, 4) is 0 Å². The summed E-state index contributed by atoms with van der Waals surface area (Å²) in [7, 11) is 3.91. The topological polar surface area (TPSA) is 43.4 Å². The van der Waals surface area contributed by atoms with Gasteiger partial charge < -0.3 is 15.0 Å². The number of aromatic nitrogens is 1. The van der Waals surface area contributed by atoms with Crippen LogP contribution in [0.3, 0.4) is 0 Å². The predicted molar refractivity (Wildman–Crippen MR) is 90.9 cm³/mol. The number of methoxy groups -OCH3 is 1. The molecule has 2 aromatic rings. The fourth-order valence-corrected chi connectivity index (χ4v) is 3.61. The molecule has 3 rings (SSSR count). The normalized spacial score (nSPS) is 16.4. The molecular weight excluding hydrogens is 274 g/mol. The molecule has 1 aliphatic rings. The van der Waals surface area contributed by atoms with Crippen LogP contribution in [0.15, 0.2) is 12.1 Å². The molecule has 2 N–H and O–H groups in total. The zero-order valence-corrected chi connectivity index (χ0v) is 14.1. The highest BCUT2D eigenvalue weighted by Crippen LogP contribution is 2.35. The van der Waals surface area contributed by atoms with Crippen LogP contribution < -0.4 is 5.73 Å². The van der Waals surface area contributed by atoms with Gasteiger partial charge in [0, 0.05) is 56.4 Å². The van der Waals surface area contributed by atoms with Crippen LogP contribution in [0.2, 0.25) is 0 Å². The smallest absolute Gasteiger partial charge is 0.0589 e. The van der Waals surface area contributed by atoms with E-state index < -0.39 is 0 Å². The Morgan fingerprint density at radius 2 is 1.95 bits per heavy atom. The van der Waals surface area contributed by atoms with E-state index in [-0.39, 0.29) is 6.04 Å². The van der Waals surface area contributed by atoms with E-state index in [9.17, 15) is 0 Å². The first kappa shape index (κ1) is 15.5. The molecule has 1 atom stereocenters. The largest absolute Gasteiger partial charge is 0.383 e. The Labute approximate surface area is 132 Å². The highest BCUT2D eigenvalue weighted by Gasteiger charge is 2.23. The highest BCUT2D eigenvalue weighted by molar-refractivity contribution is 5.87. The van der Waals surface area contributed by atoms with Crippen molar-refractivity contribution in [2.45, 2.75) is 39.4 Å². The number of hydrogen-bond donors (Lipinski definition) is 1. The number of nitrogens with zero attached hydrogens (tertiary/aromatic N) is 2. The Morgan fingerprint density at radius 1 is 1.27 bits per heavy atom. The van der Waals surface area contributed by atoms with E-state index in [0.29, 0.717) is 0 Å². The second-order valence-corrected chi connectivity index (χ2v) is 6.41. The third-order valence-corrected chi connectivity index (χ3v) is 5.07. The molecule has 1 unspecified atom stereocenters. The summed E-state index contributed by atoms with van der Waals surface area (Å²) in [6.45, 7) is 8.15. The van der Waals surface area contributed by atoms with E-state index in [4.69, 9.17) is 10.5 Å². The van der Waals surface area contributed by atoms with Crippen molar-refractivity contribution in [3.05, 3.63) is 34.5 Å². The Bertz CT molecular complexity index is 689. The molecule has 0 fully saturated rings. The lowest BCUT2D eigenvalue weighted by Gasteiger charge is -2.13. The number of fused-ring (bicyclic) bond motifs is 2. The first-order valence-corrected chi connectivity index (χ1v) is 8.14. The van der Waals surface area contributed by atoms with Crippen LogP contribution >= 0.6 is 0 Å². The molecule has 0 aliphatic carbocycles. The van der Waals surface area contributed by atoms with Crippen molar-refractivity contribution < 1.29 is 4.74 Å². The Morgan fingerprint density at radius 3 is 2.59 bits per heavy atom. The first-order valence-electron chi connectivity index (χ1n) is 8.14. The number of ether oxygens (including phenoxy) is 1. The number of hydrogen-bond acceptors (Lipinski definition) is 3. The Hall–Kier alpha value is -1.36. The second kappa shape index (κ2) is 6.03.